The van der Waals surface area contributed by atoms with Crippen LogP contribution in [0.5, 0.6) is 0 Å². The Morgan fingerprint density at radius 3 is 2.53 bits per heavy atom. The van der Waals surface area contributed by atoms with Gasteiger partial charge < -0.3 is 10.6 Å². The fourth-order valence-electron chi connectivity index (χ4n) is 2.70. The second-order valence-electron chi connectivity index (χ2n) is 5.14. The predicted molar refractivity (Wildman–Crippen MR) is 71.9 cm³/mol. The summed E-state index contributed by atoms with van der Waals surface area (Å²) in [4.78, 5) is 12.0. The summed E-state index contributed by atoms with van der Waals surface area (Å²) in [6, 6.07) is 0. The number of carbonyl (C=O) groups excluding carboxylic acids is 1. The molecule has 1 rings (SSSR count). The average molecular weight is 240 g/mol. The zero-order valence-corrected chi connectivity index (χ0v) is 11.4. The molecule has 1 fully saturated rings. The Morgan fingerprint density at radius 2 is 1.94 bits per heavy atom. The molecule has 1 aliphatic rings. The number of likely N-dealkylation sites (N-methyl/N-ethyl adjacent to an activating group) is 1. The third kappa shape index (κ3) is 5.53. The highest BCUT2D eigenvalue weighted by Crippen LogP contribution is 2.31. The van der Waals surface area contributed by atoms with E-state index >= 15 is 0 Å². The van der Waals surface area contributed by atoms with E-state index in [9.17, 15) is 4.79 Å². The second kappa shape index (κ2) is 8.51. The van der Waals surface area contributed by atoms with Gasteiger partial charge in [-0.3, -0.25) is 4.79 Å². The van der Waals surface area contributed by atoms with E-state index in [1.807, 2.05) is 0 Å². The molecule has 0 aromatic rings. The van der Waals surface area contributed by atoms with Crippen molar-refractivity contribution in [2.24, 2.45) is 11.8 Å². The molecule has 17 heavy (non-hydrogen) atoms. The van der Waals surface area contributed by atoms with Crippen molar-refractivity contribution in [1.82, 2.24) is 10.6 Å². The Hall–Kier alpha value is -0.570. The molecule has 0 spiro atoms. The third-order valence-electron chi connectivity index (χ3n) is 3.81. The molecule has 1 aliphatic carbocycles. The highest BCUT2D eigenvalue weighted by Gasteiger charge is 2.23. The van der Waals surface area contributed by atoms with Gasteiger partial charge in [-0.15, -0.1) is 0 Å². The minimum atomic E-state index is 0.236. The summed E-state index contributed by atoms with van der Waals surface area (Å²) >= 11 is 0. The van der Waals surface area contributed by atoms with Gasteiger partial charge in [0, 0.05) is 19.0 Å². The van der Waals surface area contributed by atoms with Crippen molar-refractivity contribution in [2.45, 2.75) is 52.4 Å². The van der Waals surface area contributed by atoms with Crippen molar-refractivity contribution >= 4 is 5.91 Å². The second-order valence-corrected chi connectivity index (χ2v) is 5.14. The van der Waals surface area contributed by atoms with Crippen molar-refractivity contribution < 1.29 is 4.79 Å². The van der Waals surface area contributed by atoms with Gasteiger partial charge in [0.2, 0.25) is 5.91 Å². The van der Waals surface area contributed by atoms with Crippen LogP contribution in [0.3, 0.4) is 0 Å². The predicted octanol–water partition coefficient (Wildman–Crippen LogP) is 2.32. The van der Waals surface area contributed by atoms with Gasteiger partial charge in [-0.25, -0.2) is 0 Å². The molecule has 1 saturated carbocycles. The molecule has 0 aliphatic heterocycles. The number of hydrogen-bond acceptors (Lipinski definition) is 2. The average Bonchev–Trinajstić information content (AvgIpc) is 2.84. The molecule has 1 atom stereocenters. The molecule has 0 bridgehead atoms. The molecule has 0 saturated heterocycles. The van der Waals surface area contributed by atoms with Crippen LogP contribution in [-0.4, -0.2) is 25.5 Å². The number of hydrogen-bond donors (Lipinski definition) is 2. The van der Waals surface area contributed by atoms with Crippen molar-refractivity contribution in [3.8, 4) is 0 Å². The van der Waals surface area contributed by atoms with Crippen LogP contribution in [0.2, 0.25) is 0 Å². The highest BCUT2D eigenvalue weighted by atomic mass is 16.1. The smallest absolute Gasteiger partial charge is 0.223 e. The minimum Gasteiger partial charge on any atom is -0.355 e. The van der Waals surface area contributed by atoms with Gasteiger partial charge in [-0.05, 0) is 25.3 Å². The van der Waals surface area contributed by atoms with Gasteiger partial charge >= 0.3 is 0 Å². The molecule has 0 aromatic heterocycles. The monoisotopic (exact) mass is 240 g/mol. The Bertz CT molecular complexity index is 212. The van der Waals surface area contributed by atoms with Crippen LogP contribution in [0, 0.1) is 11.8 Å². The maximum absolute atomic E-state index is 12.0. The van der Waals surface area contributed by atoms with Crippen molar-refractivity contribution in [3.05, 3.63) is 0 Å². The Labute approximate surface area is 106 Å². The lowest BCUT2D eigenvalue weighted by Crippen LogP contribution is -2.36. The van der Waals surface area contributed by atoms with Gasteiger partial charge in [0.05, 0.1) is 0 Å². The first-order chi connectivity index (χ1) is 8.27. The van der Waals surface area contributed by atoms with E-state index in [2.05, 4.69) is 24.5 Å². The number of amides is 1. The Kier molecular flexibility index (Phi) is 7.25. The molecule has 100 valence electrons. The molecule has 1 unspecified atom stereocenters. The standard InChI is InChI=1S/C14H28N2O/c1-3-13(11-12-7-5-6-8-12)14(17)16-10-9-15-4-2/h12-13,15H,3-11H2,1-2H3,(H,16,17). The Balaban J connectivity index is 2.20. The third-order valence-corrected chi connectivity index (χ3v) is 3.81. The maximum Gasteiger partial charge on any atom is 0.223 e. The highest BCUT2D eigenvalue weighted by molar-refractivity contribution is 5.78. The van der Waals surface area contributed by atoms with Crippen molar-refractivity contribution in [3.63, 3.8) is 0 Å². The number of rotatable bonds is 8. The van der Waals surface area contributed by atoms with Crippen LogP contribution < -0.4 is 10.6 Å². The summed E-state index contributed by atoms with van der Waals surface area (Å²) in [6.07, 6.45) is 7.47. The lowest BCUT2D eigenvalue weighted by Gasteiger charge is -2.18. The van der Waals surface area contributed by atoms with Gasteiger partial charge in [-0.2, -0.15) is 0 Å². The number of nitrogens with one attached hydrogen (secondary N) is 2. The van der Waals surface area contributed by atoms with Gasteiger partial charge in [0.15, 0.2) is 0 Å². The van der Waals surface area contributed by atoms with E-state index in [0.717, 1.165) is 38.4 Å². The molecule has 2 N–H and O–H groups in total. The van der Waals surface area contributed by atoms with E-state index < -0.39 is 0 Å². The first-order valence-corrected chi connectivity index (χ1v) is 7.26. The van der Waals surface area contributed by atoms with Crippen LogP contribution in [0.4, 0.5) is 0 Å². The summed E-state index contributed by atoms with van der Waals surface area (Å²) in [5.41, 5.74) is 0. The van der Waals surface area contributed by atoms with Crippen LogP contribution in [0.1, 0.15) is 52.4 Å². The summed E-state index contributed by atoms with van der Waals surface area (Å²) in [5, 5.41) is 6.26. The summed E-state index contributed by atoms with van der Waals surface area (Å²) in [5.74, 6) is 1.30. The molecular weight excluding hydrogens is 212 g/mol. The first-order valence-electron chi connectivity index (χ1n) is 7.26. The normalized spacial score (nSPS) is 18.2. The fourth-order valence-corrected chi connectivity index (χ4v) is 2.70. The van der Waals surface area contributed by atoms with E-state index in [1.165, 1.54) is 25.7 Å². The van der Waals surface area contributed by atoms with Crippen LogP contribution in [0.15, 0.2) is 0 Å². The van der Waals surface area contributed by atoms with Gasteiger partial charge in [0.1, 0.15) is 0 Å². The maximum atomic E-state index is 12.0. The zero-order valence-electron chi connectivity index (χ0n) is 11.4. The van der Waals surface area contributed by atoms with Gasteiger partial charge in [-0.1, -0.05) is 39.5 Å². The van der Waals surface area contributed by atoms with Crippen molar-refractivity contribution in [1.29, 1.82) is 0 Å². The minimum absolute atomic E-state index is 0.236. The van der Waals surface area contributed by atoms with Crippen molar-refractivity contribution in [2.75, 3.05) is 19.6 Å². The summed E-state index contributed by atoms with van der Waals surface area (Å²) < 4.78 is 0. The lowest BCUT2D eigenvalue weighted by molar-refractivity contribution is -0.125. The van der Waals surface area contributed by atoms with Crippen LogP contribution in [0.25, 0.3) is 0 Å². The van der Waals surface area contributed by atoms with E-state index in [1.54, 1.807) is 0 Å². The molecular formula is C14H28N2O. The zero-order chi connectivity index (χ0) is 12.5. The topological polar surface area (TPSA) is 41.1 Å². The van der Waals surface area contributed by atoms with Crippen LogP contribution >= 0.6 is 0 Å². The quantitative estimate of drug-likeness (QED) is 0.639. The molecule has 3 heteroatoms. The summed E-state index contributed by atoms with van der Waals surface area (Å²) in [6.45, 7) is 6.81. The van der Waals surface area contributed by atoms with E-state index in [4.69, 9.17) is 0 Å². The van der Waals surface area contributed by atoms with E-state index in [0.29, 0.717) is 0 Å². The molecule has 0 radical (unpaired) electrons. The molecule has 0 heterocycles. The number of carbonyl (C=O) groups is 1. The lowest BCUT2D eigenvalue weighted by atomic mass is 9.91. The van der Waals surface area contributed by atoms with Crippen LogP contribution in [-0.2, 0) is 4.79 Å². The van der Waals surface area contributed by atoms with E-state index in [-0.39, 0.29) is 11.8 Å². The SMILES string of the molecule is CCNCCNC(=O)C(CC)CC1CCCC1. The first kappa shape index (κ1) is 14.5. The summed E-state index contributed by atoms with van der Waals surface area (Å²) in [7, 11) is 0. The molecule has 3 nitrogen and oxygen atoms in total. The Morgan fingerprint density at radius 1 is 1.24 bits per heavy atom. The van der Waals surface area contributed by atoms with Gasteiger partial charge in [0.25, 0.3) is 0 Å². The fraction of sp³-hybridized carbons (Fsp3) is 0.929. The molecule has 0 aromatic carbocycles. The molecule has 1 amide bonds. The largest absolute Gasteiger partial charge is 0.355 e.